The predicted octanol–water partition coefficient (Wildman–Crippen LogP) is 1.91. The van der Waals surface area contributed by atoms with Crippen molar-refractivity contribution < 1.29 is 14.3 Å². The van der Waals surface area contributed by atoms with Crippen LogP contribution in [0.25, 0.3) is 0 Å². The Morgan fingerprint density at radius 1 is 1.29 bits per heavy atom. The van der Waals surface area contributed by atoms with Gasteiger partial charge in [-0.15, -0.1) is 0 Å². The molecule has 2 fully saturated rings. The van der Waals surface area contributed by atoms with E-state index in [1.165, 1.54) is 0 Å². The molecule has 28 heavy (non-hydrogen) atoms. The van der Waals surface area contributed by atoms with Gasteiger partial charge in [-0.2, -0.15) is 5.10 Å². The lowest BCUT2D eigenvalue weighted by atomic mass is 9.83. The summed E-state index contributed by atoms with van der Waals surface area (Å²) in [6.45, 7) is 6.28. The van der Waals surface area contributed by atoms with E-state index in [0.29, 0.717) is 32.3 Å². The van der Waals surface area contributed by atoms with E-state index in [9.17, 15) is 4.79 Å². The number of amides is 1. The summed E-state index contributed by atoms with van der Waals surface area (Å²) in [7, 11) is 0. The van der Waals surface area contributed by atoms with Crippen LogP contribution in [0.3, 0.4) is 0 Å². The van der Waals surface area contributed by atoms with Crippen molar-refractivity contribution in [1.29, 1.82) is 0 Å². The molecule has 4 rings (SSSR count). The highest BCUT2D eigenvalue weighted by molar-refractivity contribution is 5.76. The van der Waals surface area contributed by atoms with Gasteiger partial charge in [0, 0.05) is 44.0 Å². The molecule has 0 N–H and O–H groups in total. The van der Waals surface area contributed by atoms with Crippen LogP contribution in [0.5, 0.6) is 6.01 Å². The van der Waals surface area contributed by atoms with Gasteiger partial charge < -0.3 is 14.4 Å². The summed E-state index contributed by atoms with van der Waals surface area (Å²) in [5.74, 6) is 0.113. The standard InChI is InChI=1S/C20H27N5O3/c1-15-12-16(2)25(23-15)14-18(26)24-9-5-20(6-10-24)13-17(4-11-27-20)28-19-21-7-3-8-22-19/h3,7-8,12,17H,4-6,9-11,13-14H2,1-2H3. The Morgan fingerprint density at radius 3 is 2.71 bits per heavy atom. The van der Waals surface area contributed by atoms with E-state index in [1.54, 1.807) is 23.1 Å². The van der Waals surface area contributed by atoms with Crippen LogP contribution in [0.2, 0.25) is 0 Å². The third kappa shape index (κ3) is 4.16. The zero-order chi connectivity index (χ0) is 19.6. The van der Waals surface area contributed by atoms with Crippen molar-refractivity contribution in [1.82, 2.24) is 24.6 Å². The molecule has 0 bridgehead atoms. The Kier molecular flexibility index (Phi) is 5.30. The highest BCUT2D eigenvalue weighted by atomic mass is 16.5. The van der Waals surface area contributed by atoms with Crippen molar-refractivity contribution >= 4 is 5.91 Å². The number of rotatable bonds is 4. The minimum atomic E-state index is -0.216. The normalized spacial score (nSPS) is 21.6. The first-order valence-corrected chi connectivity index (χ1v) is 9.89. The highest BCUT2D eigenvalue weighted by Crippen LogP contribution is 2.36. The summed E-state index contributed by atoms with van der Waals surface area (Å²) in [6.07, 6.45) is 6.71. The molecule has 4 heterocycles. The van der Waals surface area contributed by atoms with Gasteiger partial charge >= 0.3 is 6.01 Å². The second-order valence-electron chi connectivity index (χ2n) is 7.76. The summed E-state index contributed by atoms with van der Waals surface area (Å²) in [5.41, 5.74) is 1.73. The van der Waals surface area contributed by atoms with Gasteiger partial charge in [0.15, 0.2) is 0 Å². The topological polar surface area (TPSA) is 82.4 Å². The summed E-state index contributed by atoms with van der Waals surface area (Å²) < 4.78 is 13.9. The fourth-order valence-corrected chi connectivity index (χ4v) is 4.15. The van der Waals surface area contributed by atoms with Crippen LogP contribution in [0.15, 0.2) is 24.5 Å². The Bertz CT molecular complexity index is 815. The SMILES string of the molecule is Cc1cc(C)n(CC(=O)N2CCC3(CC2)CC(Oc2ncccn2)CCO3)n1. The first-order valence-electron chi connectivity index (χ1n) is 9.89. The third-order valence-corrected chi connectivity index (χ3v) is 5.68. The molecule has 1 unspecified atom stereocenters. The molecule has 0 aromatic carbocycles. The Hall–Kier alpha value is -2.48. The molecule has 0 aliphatic carbocycles. The number of carbonyl (C=O) groups is 1. The third-order valence-electron chi connectivity index (χ3n) is 5.68. The molecule has 1 atom stereocenters. The van der Waals surface area contributed by atoms with Crippen molar-refractivity contribution in [2.45, 2.75) is 57.8 Å². The van der Waals surface area contributed by atoms with Crippen LogP contribution in [-0.2, 0) is 16.1 Å². The molecule has 0 saturated carbocycles. The molecule has 2 aliphatic rings. The minimum Gasteiger partial charge on any atom is -0.460 e. The average Bonchev–Trinajstić information content (AvgIpc) is 3.00. The maximum atomic E-state index is 12.7. The molecule has 2 aliphatic heterocycles. The maximum absolute atomic E-state index is 12.7. The number of piperidine rings is 1. The number of ether oxygens (including phenoxy) is 2. The van der Waals surface area contributed by atoms with E-state index in [0.717, 1.165) is 37.1 Å². The summed E-state index contributed by atoms with van der Waals surface area (Å²) in [5, 5.41) is 4.39. The Morgan fingerprint density at radius 2 is 2.04 bits per heavy atom. The molecule has 1 spiro atoms. The number of hydrogen-bond acceptors (Lipinski definition) is 6. The number of aromatic nitrogens is 4. The second-order valence-corrected chi connectivity index (χ2v) is 7.76. The molecule has 150 valence electrons. The molecular formula is C20H27N5O3. The summed E-state index contributed by atoms with van der Waals surface area (Å²) in [4.78, 5) is 22.9. The van der Waals surface area contributed by atoms with Gasteiger partial charge in [0.25, 0.3) is 0 Å². The summed E-state index contributed by atoms with van der Waals surface area (Å²) in [6, 6.07) is 4.18. The molecule has 2 aromatic heterocycles. The van der Waals surface area contributed by atoms with Gasteiger partial charge in [-0.3, -0.25) is 9.48 Å². The molecular weight excluding hydrogens is 358 g/mol. The number of hydrogen-bond donors (Lipinski definition) is 0. The van der Waals surface area contributed by atoms with Gasteiger partial charge in [0.05, 0.1) is 17.9 Å². The minimum absolute atomic E-state index is 0.0492. The van der Waals surface area contributed by atoms with E-state index in [2.05, 4.69) is 15.1 Å². The Labute approximate surface area is 164 Å². The lowest BCUT2D eigenvalue weighted by molar-refractivity contribution is -0.152. The van der Waals surface area contributed by atoms with Gasteiger partial charge in [-0.05, 0) is 38.8 Å². The van der Waals surface area contributed by atoms with Crippen LogP contribution in [0.4, 0.5) is 0 Å². The summed E-state index contributed by atoms with van der Waals surface area (Å²) >= 11 is 0. The van der Waals surface area contributed by atoms with Crippen LogP contribution in [-0.4, -0.2) is 62.0 Å². The fraction of sp³-hybridized carbons (Fsp3) is 0.600. The van der Waals surface area contributed by atoms with Crippen LogP contribution in [0, 0.1) is 13.8 Å². The zero-order valence-corrected chi connectivity index (χ0v) is 16.5. The quantitative estimate of drug-likeness (QED) is 0.800. The number of nitrogens with zero attached hydrogens (tertiary/aromatic N) is 5. The largest absolute Gasteiger partial charge is 0.460 e. The van der Waals surface area contributed by atoms with Crippen LogP contribution in [0.1, 0.15) is 37.1 Å². The lowest BCUT2D eigenvalue weighted by Gasteiger charge is -2.45. The van der Waals surface area contributed by atoms with E-state index in [1.807, 2.05) is 24.8 Å². The van der Waals surface area contributed by atoms with Crippen molar-refractivity contribution in [3.63, 3.8) is 0 Å². The number of carbonyl (C=O) groups excluding carboxylic acids is 1. The van der Waals surface area contributed by atoms with Crippen LogP contribution < -0.4 is 4.74 Å². The van der Waals surface area contributed by atoms with Crippen molar-refractivity contribution in [3.8, 4) is 6.01 Å². The van der Waals surface area contributed by atoms with E-state index < -0.39 is 0 Å². The maximum Gasteiger partial charge on any atom is 0.316 e. The fourth-order valence-electron chi connectivity index (χ4n) is 4.15. The number of likely N-dealkylation sites (tertiary alicyclic amines) is 1. The monoisotopic (exact) mass is 385 g/mol. The molecule has 8 heteroatoms. The number of aryl methyl sites for hydroxylation is 2. The van der Waals surface area contributed by atoms with Crippen molar-refractivity contribution in [3.05, 3.63) is 35.9 Å². The highest BCUT2D eigenvalue weighted by Gasteiger charge is 2.42. The molecule has 1 amide bonds. The van der Waals surface area contributed by atoms with Crippen molar-refractivity contribution in [2.24, 2.45) is 0 Å². The van der Waals surface area contributed by atoms with Gasteiger partial charge in [0.1, 0.15) is 12.6 Å². The molecule has 8 nitrogen and oxygen atoms in total. The van der Waals surface area contributed by atoms with Gasteiger partial charge in [-0.25, -0.2) is 9.97 Å². The van der Waals surface area contributed by atoms with Gasteiger partial charge in [0.2, 0.25) is 5.91 Å². The smallest absolute Gasteiger partial charge is 0.316 e. The van der Waals surface area contributed by atoms with Crippen molar-refractivity contribution in [2.75, 3.05) is 19.7 Å². The van der Waals surface area contributed by atoms with E-state index in [-0.39, 0.29) is 17.6 Å². The predicted molar refractivity (Wildman–Crippen MR) is 102 cm³/mol. The first-order chi connectivity index (χ1) is 13.5. The van der Waals surface area contributed by atoms with E-state index in [4.69, 9.17) is 9.47 Å². The average molecular weight is 385 g/mol. The lowest BCUT2D eigenvalue weighted by Crippen LogP contribution is -2.53. The van der Waals surface area contributed by atoms with E-state index >= 15 is 0 Å². The zero-order valence-electron chi connectivity index (χ0n) is 16.5. The Balaban J connectivity index is 1.32. The first kappa shape index (κ1) is 18.9. The molecule has 0 radical (unpaired) electrons. The van der Waals surface area contributed by atoms with Gasteiger partial charge in [-0.1, -0.05) is 0 Å². The second kappa shape index (κ2) is 7.87. The molecule has 2 saturated heterocycles. The molecule has 2 aromatic rings. The van der Waals surface area contributed by atoms with Crippen LogP contribution >= 0.6 is 0 Å².